The third-order valence-electron chi connectivity index (χ3n) is 2.38. The zero-order valence-corrected chi connectivity index (χ0v) is 10.1. The van der Waals surface area contributed by atoms with Gasteiger partial charge in [0.2, 0.25) is 0 Å². The highest BCUT2D eigenvalue weighted by Gasteiger charge is 2.16. The van der Waals surface area contributed by atoms with E-state index in [0.29, 0.717) is 5.15 Å². The van der Waals surface area contributed by atoms with Gasteiger partial charge in [-0.25, -0.2) is 9.97 Å². The van der Waals surface area contributed by atoms with Crippen LogP contribution >= 0.6 is 27.5 Å². The summed E-state index contributed by atoms with van der Waals surface area (Å²) in [6, 6.07) is 0. The number of halogens is 2. The lowest BCUT2D eigenvalue weighted by Gasteiger charge is -2.28. The Morgan fingerprint density at radius 2 is 1.93 bits per heavy atom. The molecule has 0 amide bonds. The minimum absolute atomic E-state index is 0.487. The van der Waals surface area contributed by atoms with Gasteiger partial charge < -0.3 is 4.90 Å². The average Bonchev–Trinajstić information content (AvgIpc) is 2.23. The first kappa shape index (κ1) is 10.2. The second-order valence-electron chi connectivity index (χ2n) is 3.35. The summed E-state index contributed by atoms with van der Waals surface area (Å²) in [6.45, 7) is 2.12. The van der Waals surface area contributed by atoms with Crippen molar-refractivity contribution in [3.8, 4) is 0 Å². The Balaban J connectivity index is 2.26. The summed E-state index contributed by atoms with van der Waals surface area (Å²) >= 11 is 9.33. The van der Waals surface area contributed by atoms with E-state index in [0.717, 1.165) is 23.4 Å². The van der Waals surface area contributed by atoms with E-state index in [4.69, 9.17) is 11.6 Å². The van der Waals surface area contributed by atoms with Crippen LogP contribution in [-0.4, -0.2) is 23.1 Å². The zero-order valence-electron chi connectivity index (χ0n) is 7.71. The molecule has 0 spiro atoms. The van der Waals surface area contributed by atoms with Crippen molar-refractivity contribution in [2.75, 3.05) is 18.0 Å². The molecule has 0 N–H and O–H groups in total. The van der Waals surface area contributed by atoms with Crippen LogP contribution in [-0.2, 0) is 0 Å². The standard InChI is InChI=1S/C9H11BrClN3/c10-7-8(11)12-6-13-9(7)14-4-2-1-3-5-14/h6H,1-5H2. The van der Waals surface area contributed by atoms with Gasteiger partial charge in [0, 0.05) is 13.1 Å². The Hall–Kier alpha value is -0.350. The summed E-state index contributed by atoms with van der Waals surface area (Å²) in [5, 5.41) is 0.487. The number of hydrogen-bond donors (Lipinski definition) is 0. The Bertz CT molecular complexity index is 326. The monoisotopic (exact) mass is 275 g/mol. The average molecular weight is 277 g/mol. The van der Waals surface area contributed by atoms with Crippen LogP contribution in [0.3, 0.4) is 0 Å². The van der Waals surface area contributed by atoms with Gasteiger partial charge in [0.05, 0.1) is 4.47 Å². The van der Waals surface area contributed by atoms with E-state index in [2.05, 4.69) is 30.8 Å². The molecule has 0 radical (unpaired) electrons. The van der Waals surface area contributed by atoms with Gasteiger partial charge in [-0.2, -0.15) is 0 Å². The third kappa shape index (κ3) is 2.01. The predicted octanol–water partition coefficient (Wildman–Crippen LogP) is 2.88. The summed E-state index contributed by atoms with van der Waals surface area (Å²) in [4.78, 5) is 10.4. The first-order valence-corrected chi connectivity index (χ1v) is 5.87. The van der Waals surface area contributed by atoms with Crippen molar-refractivity contribution < 1.29 is 0 Å². The molecule has 1 aliphatic heterocycles. The molecule has 3 nitrogen and oxygen atoms in total. The van der Waals surface area contributed by atoms with Crippen LogP contribution in [0.2, 0.25) is 5.15 Å². The van der Waals surface area contributed by atoms with Crippen molar-refractivity contribution in [1.82, 2.24) is 9.97 Å². The molecule has 1 aliphatic rings. The van der Waals surface area contributed by atoms with Crippen LogP contribution in [0, 0.1) is 0 Å². The molecule has 0 atom stereocenters. The quantitative estimate of drug-likeness (QED) is 0.739. The van der Waals surface area contributed by atoms with E-state index < -0.39 is 0 Å². The number of rotatable bonds is 1. The van der Waals surface area contributed by atoms with Crippen molar-refractivity contribution >= 4 is 33.3 Å². The lowest BCUT2D eigenvalue weighted by Crippen LogP contribution is -2.30. The third-order valence-corrected chi connectivity index (χ3v) is 3.63. The van der Waals surface area contributed by atoms with Crippen LogP contribution in [0.4, 0.5) is 5.82 Å². The second-order valence-corrected chi connectivity index (χ2v) is 4.50. The van der Waals surface area contributed by atoms with Gasteiger partial charge in [0.1, 0.15) is 17.3 Å². The fraction of sp³-hybridized carbons (Fsp3) is 0.556. The summed E-state index contributed by atoms with van der Waals surface area (Å²) in [5.74, 6) is 0.921. The highest BCUT2D eigenvalue weighted by atomic mass is 79.9. The number of aromatic nitrogens is 2. The van der Waals surface area contributed by atoms with E-state index in [1.54, 1.807) is 0 Å². The number of piperidine rings is 1. The van der Waals surface area contributed by atoms with Gasteiger partial charge in [-0.1, -0.05) is 11.6 Å². The largest absolute Gasteiger partial charge is 0.356 e. The van der Waals surface area contributed by atoms with Crippen molar-refractivity contribution in [1.29, 1.82) is 0 Å². The van der Waals surface area contributed by atoms with Gasteiger partial charge >= 0.3 is 0 Å². The molecule has 5 heteroatoms. The minimum atomic E-state index is 0.487. The normalized spacial score (nSPS) is 17.1. The Morgan fingerprint density at radius 3 is 2.64 bits per heavy atom. The molecule has 0 aliphatic carbocycles. The van der Waals surface area contributed by atoms with E-state index in [9.17, 15) is 0 Å². The molecule has 2 heterocycles. The lowest BCUT2D eigenvalue weighted by molar-refractivity contribution is 0.572. The van der Waals surface area contributed by atoms with Gasteiger partial charge in [0.15, 0.2) is 0 Å². The van der Waals surface area contributed by atoms with Gasteiger partial charge in [-0.3, -0.25) is 0 Å². The van der Waals surface area contributed by atoms with E-state index in [1.807, 2.05) is 0 Å². The van der Waals surface area contributed by atoms with Crippen LogP contribution in [0.5, 0.6) is 0 Å². The van der Waals surface area contributed by atoms with Crippen molar-refractivity contribution in [3.63, 3.8) is 0 Å². The summed E-state index contributed by atoms with van der Waals surface area (Å²) in [7, 11) is 0. The highest BCUT2D eigenvalue weighted by molar-refractivity contribution is 9.10. The van der Waals surface area contributed by atoms with Gasteiger partial charge in [-0.05, 0) is 35.2 Å². The second kappa shape index (κ2) is 4.45. The SMILES string of the molecule is Clc1ncnc(N2CCCCC2)c1Br. The zero-order chi connectivity index (χ0) is 9.97. The smallest absolute Gasteiger partial charge is 0.148 e. The number of hydrogen-bond acceptors (Lipinski definition) is 3. The molecule has 1 saturated heterocycles. The maximum Gasteiger partial charge on any atom is 0.148 e. The predicted molar refractivity (Wildman–Crippen MR) is 60.8 cm³/mol. The number of nitrogens with zero attached hydrogens (tertiary/aromatic N) is 3. The van der Waals surface area contributed by atoms with E-state index in [-0.39, 0.29) is 0 Å². The topological polar surface area (TPSA) is 29.0 Å². The van der Waals surface area contributed by atoms with Crippen molar-refractivity contribution in [2.24, 2.45) is 0 Å². The molecular weight excluding hydrogens is 265 g/mol. The maximum atomic E-state index is 5.91. The Labute approximate surface area is 96.6 Å². The summed E-state index contributed by atoms with van der Waals surface area (Å²) < 4.78 is 0.809. The first-order valence-electron chi connectivity index (χ1n) is 4.70. The molecule has 1 aromatic heterocycles. The highest BCUT2D eigenvalue weighted by Crippen LogP contribution is 2.30. The van der Waals surface area contributed by atoms with E-state index >= 15 is 0 Å². The van der Waals surface area contributed by atoms with Crippen molar-refractivity contribution in [3.05, 3.63) is 16.0 Å². The summed E-state index contributed by atoms with van der Waals surface area (Å²) in [5.41, 5.74) is 0. The van der Waals surface area contributed by atoms with Crippen LogP contribution in [0.1, 0.15) is 19.3 Å². The fourth-order valence-electron chi connectivity index (χ4n) is 1.67. The van der Waals surface area contributed by atoms with Crippen LogP contribution < -0.4 is 4.90 Å². The number of anilines is 1. The molecule has 0 bridgehead atoms. The molecule has 0 saturated carbocycles. The first-order chi connectivity index (χ1) is 6.79. The van der Waals surface area contributed by atoms with Crippen molar-refractivity contribution in [2.45, 2.75) is 19.3 Å². The summed E-state index contributed by atoms with van der Waals surface area (Å²) in [6.07, 6.45) is 5.28. The lowest BCUT2D eigenvalue weighted by atomic mass is 10.1. The minimum Gasteiger partial charge on any atom is -0.356 e. The van der Waals surface area contributed by atoms with Crippen LogP contribution in [0.25, 0.3) is 0 Å². The molecule has 14 heavy (non-hydrogen) atoms. The molecule has 76 valence electrons. The van der Waals surface area contributed by atoms with Gasteiger partial charge in [0.25, 0.3) is 0 Å². The molecule has 1 aromatic rings. The van der Waals surface area contributed by atoms with Gasteiger partial charge in [-0.15, -0.1) is 0 Å². The molecule has 0 aromatic carbocycles. The molecule has 2 rings (SSSR count). The maximum absolute atomic E-state index is 5.91. The van der Waals surface area contributed by atoms with E-state index in [1.165, 1.54) is 25.6 Å². The Kier molecular flexibility index (Phi) is 3.23. The molecule has 1 fully saturated rings. The Morgan fingerprint density at radius 1 is 1.21 bits per heavy atom. The fourth-order valence-corrected chi connectivity index (χ4v) is 2.25. The molecular formula is C9H11BrClN3. The van der Waals surface area contributed by atoms with Crippen LogP contribution in [0.15, 0.2) is 10.8 Å². The molecule has 0 unspecified atom stereocenters.